The van der Waals surface area contributed by atoms with Crippen molar-refractivity contribution in [2.45, 2.75) is 19.4 Å². The van der Waals surface area contributed by atoms with Gasteiger partial charge in [-0.2, -0.15) is 0 Å². The van der Waals surface area contributed by atoms with Crippen LogP contribution in [0.4, 0.5) is 5.69 Å². The molecule has 2 N–H and O–H groups in total. The van der Waals surface area contributed by atoms with E-state index in [4.69, 9.17) is 5.73 Å². The third kappa shape index (κ3) is 2.33. The highest BCUT2D eigenvalue weighted by Crippen LogP contribution is 2.39. The fourth-order valence-electron chi connectivity index (χ4n) is 2.92. The zero-order valence-electron chi connectivity index (χ0n) is 12.2. The molecule has 0 amide bonds. The summed E-state index contributed by atoms with van der Waals surface area (Å²) in [6.07, 6.45) is 0. The van der Waals surface area contributed by atoms with Crippen molar-refractivity contribution in [1.29, 1.82) is 0 Å². The number of aliphatic imine (C=N–C) groups is 1. The summed E-state index contributed by atoms with van der Waals surface area (Å²) in [5.41, 5.74) is 9.38. The predicted octanol–water partition coefficient (Wildman–Crippen LogP) is 3.81. The molecule has 1 heterocycles. The van der Waals surface area contributed by atoms with Crippen molar-refractivity contribution in [3.8, 4) is 0 Å². The minimum atomic E-state index is -0.280. The zero-order chi connectivity index (χ0) is 15.0. The van der Waals surface area contributed by atoms with E-state index in [1.54, 1.807) is 0 Å². The number of benzene rings is 2. The van der Waals surface area contributed by atoms with E-state index in [1.165, 1.54) is 11.1 Å². The first-order chi connectivity index (χ1) is 10.0. The molecular weight excluding hydrogens is 326 g/mol. The number of hydrogen-bond acceptors (Lipinski definition) is 3. The largest absolute Gasteiger partial charge is 0.369 e. The lowest BCUT2D eigenvalue weighted by molar-refractivity contribution is 0.530. The molecule has 0 bridgehead atoms. The normalized spacial score (nSPS) is 21.5. The lowest BCUT2D eigenvalue weighted by atomic mass is 9.90. The average molecular weight is 344 g/mol. The summed E-state index contributed by atoms with van der Waals surface area (Å²) in [5, 5.41) is 0. The molecule has 0 aliphatic carbocycles. The second-order valence-electron chi connectivity index (χ2n) is 5.60. The summed E-state index contributed by atoms with van der Waals surface area (Å²) in [6.45, 7) is 4.91. The number of aryl methyl sites for hydroxylation is 1. The zero-order valence-corrected chi connectivity index (χ0v) is 13.8. The van der Waals surface area contributed by atoms with Crippen LogP contribution in [-0.2, 0) is 5.54 Å². The van der Waals surface area contributed by atoms with Gasteiger partial charge in [0.05, 0.1) is 12.1 Å². The van der Waals surface area contributed by atoms with Gasteiger partial charge < -0.3 is 10.6 Å². The molecule has 0 spiro atoms. The van der Waals surface area contributed by atoms with Crippen molar-refractivity contribution < 1.29 is 0 Å². The predicted molar refractivity (Wildman–Crippen MR) is 91.6 cm³/mol. The van der Waals surface area contributed by atoms with Crippen molar-refractivity contribution in [1.82, 2.24) is 0 Å². The van der Waals surface area contributed by atoms with Crippen molar-refractivity contribution in [2.24, 2.45) is 10.7 Å². The number of rotatable bonds is 2. The molecule has 0 fully saturated rings. The number of nitrogens with two attached hydrogens (primary N) is 1. The van der Waals surface area contributed by atoms with E-state index in [2.05, 4.69) is 76.1 Å². The van der Waals surface area contributed by atoms with Crippen LogP contribution in [0.1, 0.15) is 18.1 Å². The maximum Gasteiger partial charge on any atom is 0.196 e. The second kappa shape index (κ2) is 5.19. The van der Waals surface area contributed by atoms with E-state index >= 15 is 0 Å². The SMILES string of the molecule is Cc1cccc(N2C(N)=NCC2(C)c2ccccc2Br)c1. The molecule has 4 heteroatoms. The van der Waals surface area contributed by atoms with Gasteiger partial charge in [-0.05, 0) is 43.2 Å². The van der Waals surface area contributed by atoms with Gasteiger partial charge in [0.15, 0.2) is 5.96 Å². The van der Waals surface area contributed by atoms with Crippen LogP contribution in [0.5, 0.6) is 0 Å². The molecule has 3 nitrogen and oxygen atoms in total. The summed E-state index contributed by atoms with van der Waals surface area (Å²) in [4.78, 5) is 6.62. The van der Waals surface area contributed by atoms with Gasteiger partial charge in [-0.15, -0.1) is 0 Å². The molecule has 1 aliphatic rings. The fraction of sp³-hybridized carbons (Fsp3) is 0.235. The van der Waals surface area contributed by atoms with Gasteiger partial charge in [-0.25, -0.2) is 0 Å². The average Bonchev–Trinajstić information content (AvgIpc) is 2.76. The molecule has 3 rings (SSSR count). The first kappa shape index (κ1) is 14.1. The number of halogens is 1. The van der Waals surface area contributed by atoms with Crippen LogP contribution in [0.15, 0.2) is 58.0 Å². The first-order valence-corrected chi connectivity index (χ1v) is 7.73. The topological polar surface area (TPSA) is 41.6 Å². The Labute approximate surface area is 133 Å². The number of anilines is 1. The van der Waals surface area contributed by atoms with Gasteiger partial charge in [-0.1, -0.05) is 46.3 Å². The van der Waals surface area contributed by atoms with Crippen LogP contribution in [-0.4, -0.2) is 12.5 Å². The van der Waals surface area contributed by atoms with E-state index < -0.39 is 0 Å². The molecule has 2 aromatic rings. The van der Waals surface area contributed by atoms with Crippen LogP contribution in [0, 0.1) is 6.92 Å². The maximum atomic E-state index is 6.18. The van der Waals surface area contributed by atoms with Gasteiger partial charge in [0.1, 0.15) is 0 Å². The molecular formula is C17H18BrN3. The van der Waals surface area contributed by atoms with Gasteiger partial charge in [-0.3, -0.25) is 4.99 Å². The van der Waals surface area contributed by atoms with Crippen LogP contribution in [0.2, 0.25) is 0 Å². The Morgan fingerprint density at radius 3 is 2.67 bits per heavy atom. The molecule has 1 aliphatic heterocycles. The van der Waals surface area contributed by atoms with Gasteiger partial charge in [0, 0.05) is 10.2 Å². The van der Waals surface area contributed by atoms with Gasteiger partial charge in [0.25, 0.3) is 0 Å². The molecule has 1 unspecified atom stereocenters. The van der Waals surface area contributed by atoms with E-state index in [9.17, 15) is 0 Å². The van der Waals surface area contributed by atoms with Crippen molar-refractivity contribution >= 4 is 27.6 Å². The summed E-state index contributed by atoms with van der Waals surface area (Å²) in [5.74, 6) is 0.568. The lowest BCUT2D eigenvalue weighted by Crippen LogP contribution is -2.48. The molecule has 0 radical (unpaired) electrons. The number of guanidine groups is 1. The standard InChI is InChI=1S/C17H18BrN3/c1-12-6-5-7-13(10-12)21-16(19)20-11-17(21,2)14-8-3-4-9-15(14)18/h3-10H,11H2,1-2H3,(H2,19,20). The smallest absolute Gasteiger partial charge is 0.196 e. The van der Waals surface area contributed by atoms with Crippen molar-refractivity contribution in [3.63, 3.8) is 0 Å². The molecule has 0 saturated heterocycles. The summed E-state index contributed by atoms with van der Waals surface area (Å²) >= 11 is 3.66. The van der Waals surface area contributed by atoms with Crippen molar-refractivity contribution in [3.05, 3.63) is 64.1 Å². The molecule has 1 atom stereocenters. The summed E-state index contributed by atoms with van der Waals surface area (Å²) < 4.78 is 1.08. The van der Waals surface area contributed by atoms with E-state index in [0.29, 0.717) is 12.5 Å². The Hall–Kier alpha value is -1.81. The number of nitrogens with zero attached hydrogens (tertiary/aromatic N) is 2. The minimum absolute atomic E-state index is 0.280. The molecule has 0 saturated carbocycles. The van der Waals surface area contributed by atoms with Crippen LogP contribution in [0.3, 0.4) is 0 Å². The highest BCUT2D eigenvalue weighted by atomic mass is 79.9. The Balaban J connectivity index is 2.13. The maximum absolute atomic E-state index is 6.18. The Morgan fingerprint density at radius 2 is 1.95 bits per heavy atom. The number of hydrogen-bond donors (Lipinski definition) is 1. The monoisotopic (exact) mass is 343 g/mol. The van der Waals surface area contributed by atoms with Gasteiger partial charge >= 0.3 is 0 Å². The first-order valence-electron chi connectivity index (χ1n) is 6.94. The van der Waals surface area contributed by atoms with E-state index in [-0.39, 0.29) is 5.54 Å². The lowest BCUT2D eigenvalue weighted by Gasteiger charge is -2.37. The Kier molecular flexibility index (Phi) is 3.49. The highest BCUT2D eigenvalue weighted by Gasteiger charge is 2.41. The second-order valence-corrected chi connectivity index (χ2v) is 6.46. The van der Waals surface area contributed by atoms with Gasteiger partial charge in [0.2, 0.25) is 0 Å². The van der Waals surface area contributed by atoms with Crippen LogP contribution in [0.25, 0.3) is 0 Å². The third-order valence-electron chi connectivity index (χ3n) is 3.99. The molecule has 21 heavy (non-hydrogen) atoms. The van der Waals surface area contributed by atoms with Crippen molar-refractivity contribution in [2.75, 3.05) is 11.4 Å². The summed E-state index contributed by atoms with van der Waals surface area (Å²) in [7, 11) is 0. The van der Waals surface area contributed by atoms with E-state index in [1.807, 2.05) is 12.1 Å². The van der Waals surface area contributed by atoms with E-state index in [0.717, 1.165) is 10.2 Å². The Morgan fingerprint density at radius 1 is 1.19 bits per heavy atom. The van der Waals surface area contributed by atoms with Crippen LogP contribution < -0.4 is 10.6 Å². The summed E-state index contributed by atoms with van der Waals surface area (Å²) in [6, 6.07) is 16.6. The highest BCUT2D eigenvalue weighted by molar-refractivity contribution is 9.10. The molecule has 108 valence electrons. The third-order valence-corrected chi connectivity index (χ3v) is 4.68. The Bertz CT molecular complexity index is 711. The molecule has 2 aromatic carbocycles. The van der Waals surface area contributed by atoms with Crippen LogP contribution >= 0.6 is 15.9 Å². The molecule has 0 aromatic heterocycles. The fourth-order valence-corrected chi connectivity index (χ4v) is 3.63. The quantitative estimate of drug-likeness (QED) is 0.900. The minimum Gasteiger partial charge on any atom is -0.369 e.